The van der Waals surface area contributed by atoms with Gasteiger partial charge < -0.3 is 9.88 Å². The number of thioether (sulfide) groups is 1. The van der Waals surface area contributed by atoms with Gasteiger partial charge in [0.1, 0.15) is 0 Å². The van der Waals surface area contributed by atoms with Gasteiger partial charge in [0, 0.05) is 37.7 Å². The van der Waals surface area contributed by atoms with Crippen LogP contribution in [0.1, 0.15) is 30.9 Å². The largest absolute Gasteiger partial charge is 0.349 e. The first kappa shape index (κ1) is 19.5. The number of amides is 1. The number of carbonyl (C=O) groups is 1. The third-order valence-electron chi connectivity index (χ3n) is 5.31. The van der Waals surface area contributed by atoms with Crippen molar-refractivity contribution in [2.24, 2.45) is 14.1 Å². The molecule has 2 aromatic heterocycles. The SMILES string of the molecule is Cn1c(=O)c2c(ncn2CCCC(=O)NC2CCSc3ccccc32)n(C)c1=O. The topological polar surface area (TPSA) is 90.9 Å². The Kier molecular flexibility index (Phi) is 5.31. The van der Waals surface area contributed by atoms with E-state index in [9.17, 15) is 14.4 Å². The highest BCUT2D eigenvalue weighted by Crippen LogP contribution is 2.35. The molecule has 0 spiro atoms. The van der Waals surface area contributed by atoms with Crippen molar-refractivity contribution < 1.29 is 4.79 Å². The lowest BCUT2D eigenvalue weighted by atomic mass is 10.0. The van der Waals surface area contributed by atoms with Crippen LogP contribution in [0, 0.1) is 0 Å². The number of imidazole rings is 1. The Hall–Kier alpha value is -2.81. The molecular weight excluding hydrogens is 390 g/mol. The van der Waals surface area contributed by atoms with Crippen LogP contribution in [0.2, 0.25) is 0 Å². The summed E-state index contributed by atoms with van der Waals surface area (Å²) in [4.78, 5) is 42.4. The van der Waals surface area contributed by atoms with E-state index in [2.05, 4.69) is 22.4 Å². The molecule has 3 aromatic rings. The number of rotatable bonds is 5. The molecule has 0 saturated heterocycles. The molecule has 29 heavy (non-hydrogen) atoms. The molecule has 0 aliphatic carbocycles. The summed E-state index contributed by atoms with van der Waals surface area (Å²) < 4.78 is 4.15. The van der Waals surface area contributed by atoms with Crippen molar-refractivity contribution in [1.82, 2.24) is 24.0 Å². The highest BCUT2D eigenvalue weighted by Gasteiger charge is 2.21. The Labute approximate surface area is 171 Å². The maximum absolute atomic E-state index is 12.5. The highest BCUT2D eigenvalue weighted by molar-refractivity contribution is 7.99. The first-order valence-electron chi connectivity index (χ1n) is 9.59. The predicted molar refractivity (Wildman–Crippen MR) is 112 cm³/mol. The van der Waals surface area contributed by atoms with E-state index in [1.54, 1.807) is 17.9 Å². The quantitative estimate of drug-likeness (QED) is 0.686. The van der Waals surface area contributed by atoms with Gasteiger partial charge in [0.25, 0.3) is 5.56 Å². The summed E-state index contributed by atoms with van der Waals surface area (Å²) in [5.74, 6) is 0.992. The number of aromatic nitrogens is 4. The summed E-state index contributed by atoms with van der Waals surface area (Å²) in [5, 5.41) is 3.14. The van der Waals surface area contributed by atoms with E-state index >= 15 is 0 Å². The van der Waals surface area contributed by atoms with E-state index in [-0.39, 0.29) is 17.5 Å². The summed E-state index contributed by atoms with van der Waals surface area (Å²) in [6.45, 7) is 0.481. The number of carbonyl (C=O) groups excluding carboxylic acids is 1. The standard InChI is InChI=1S/C20H23N5O3S/c1-23-18-17(19(27)24(2)20(23)28)25(12-21-18)10-5-8-16(26)22-14-9-11-29-15-7-4-3-6-13(14)15/h3-4,6-7,12,14H,5,8-11H2,1-2H3,(H,22,26). The molecule has 0 saturated carbocycles. The van der Waals surface area contributed by atoms with E-state index in [4.69, 9.17) is 0 Å². The molecule has 1 atom stereocenters. The maximum Gasteiger partial charge on any atom is 0.332 e. The number of hydrogen-bond acceptors (Lipinski definition) is 5. The first-order valence-corrected chi connectivity index (χ1v) is 10.6. The first-order chi connectivity index (χ1) is 14.0. The smallest absolute Gasteiger partial charge is 0.332 e. The molecule has 1 amide bonds. The highest BCUT2D eigenvalue weighted by atomic mass is 32.2. The van der Waals surface area contributed by atoms with Crippen LogP contribution in [-0.4, -0.2) is 30.3 Å². The average Bonchev–Trinajstić information content (AvgIpc) is 3.15. The van der Waals surface area contributed by atoms with Crippen LogP contribution in [0.4, 0.5) is 0 Å². The lowest BCUT2D eigenvalue weighted by Crippen LogP contribution is -2.37. The van der Waals surface area contributed by atoms with Crippen molar-refractivity contribution >= 4 is 28.8 Å². The normalized spacial score (nSPS) is 16.0. The summed E-state index contributed by atoms with van der Waals surface area (Å²) in [6.07, 6.45) is 3.41. The number of fused-ring (bicyclic) bond motifs is 2. The molecule has 9 heteroatoms. The monoisotopic (exact) mass is 413 g/mol. The van der Waals surface area contributed by atoms with Gasteiger partial charge in [-0.25, -0.2) is 9.78 Å². The van der Waals surface area contributed by atoms with Gasteiger partial charge in [-0.05, 0) is 24.5 Å². The van der Waals surface area contributed by atoms with Crippen LogP contribution in [0.5, 0.6) is 0 Å². The van der Waals surface area contributed by atoms with Crippen molar-refractivity contribution in [1.29, 1.82) is 0 Å². The van der Waals surface area contributed by atoms with E-state index in [0.717, 1.165) is 16.7 Å². The summed E-state index contributed by atoms with van der Waals surface area (Å²) >= 11 is 1.82. The van der Waals surface area contributed by atoms with Crippen molar-refractivity contribution in [3.63, 3.8) is 0 Å². The van der Waals surface area contributed by atoms with Gasteiger partial charge in [-0.2, -0.15) is 0 Å². The molecule has 4 rings (SSSR count). The Morgan fingerprint density at radius 1 is 1.24 bits per heavy atom. The maximum atomic E-state index is 12.5. The Bertz CT molecular complexity index is 1190. The van der Waals surface area contributed by atoms with Crippen LogP contribution in [0.15, 0.2) is 45.1 Å². The third kappa shape index (κ3) is 3.62. The minimum Gasteiger partial charge on any atom is -0.349 e. The molecule has 1 aliphatic heterocycles. The predicted octanol–water partition coefficient (Wildman–Crippen LogP) is 1.57. The van der Waals surface area contributed by atoms with Crippen LogP contribution < -0.4 is 16.6 Å². The molecule has 1 unspecified atom stereocenters. The average molecular weight is 414 g/mol. The molecule has 1 N–H and O–H groups in total. The lowest BCUT2D eigenvalue weighted by Gasteiger charge is -2.25. The molecule has 152 valence electrons. The van der Waals surface area contributed by atoms with Crippen LogP contribution in [0.25, 0.3) is 11.2 Å². The van der Waals surface area contributed by atoms with E-state index < -0.39 is 5.69 Å². The van der Waals surface area contributed by atoms with Crippen molar-refractivity contribution in [2.75, 3.05) is 5.75 Å². The number of hydrogen-bond donors (Lipinski definition) is 1. The fourth-order valence-corrected chi connectivity index (χ4v) is 4.86. The molecule has 0 bridgehead atoms. The second kappa shape index (κ2) is 7.90. The van der Waals surface area contributed by atoms with Gasteiger partial charge in [0.2, 0.25) is 5.91 Å². The molecule has 3 heterocycles. The Morgan fingerprint density at radius 3 is 2.86 bits per heavy atom. The Morgan fingerprint density at radius 2 is 2.03 bits per heavy atom. The van der Waals surface area contributed by atoms with E-state index in [1.165, 1.54) is 22.1 Å². The number of aryl methyl sites for hydroxylation is 2. The minimum atomic E-state index is -0.405. The zero-order valence-corrected chi connectivity index (χ0v) is 17.2. The number of nitrogens with one attached hydrogen (secondary N) is 1. The molecule has 8 nitrogen and oxygen atoms in total. The molecule has 1 aliphatic rings. The zero-order chi connectivity index (χ0) is 20.5. The van der Waals surface area contributed by atoms with Crippen molar-refractivity contribution in [3.05, 3.63) is 57.0 Å². The van der Waals surface area contributed by atoms with Gasteiger partial charge in [0.15, 0.2) is 11.2 Å². The number of nitrogens with zero attached hydrogens (tertiary/aromatic N) is 4. The van der Waals surface area contributed by atoms with E-state index in [0.29, 0.717) is 30.6 Å². The third-order valence-corrected chi connectivity index (χ3v) is 6.44. The summed E-state index contributed by atoms with van der Waals surface area (Å²) in [7, 11) is 3.05. The fourth-order valence-electron chi connectivity index (χ4n) is 3.73. The van der Waals surface area contributed by atoms with Gasteiger partial charge in [-0.1, -0.05) is 18.2 Å². The summed E-state index contributed by atoms with van der Waals surface area (Å²) in [5.41, 5.74) is 1.15. The minimum absolute atomic E-state index is 0.00132. The van der Waals surface area contributed by atoms with Crippen molar-refractivity contribution in [2.45, 2.75) is 36.7 Å². The van der Waals surface area contributed by atoms with Crippen LogP contribution in [-0.2, 0) is 25.4 Å². The number of benzene rings is 1. The van der Waals surface area contributed by atoms with Crippen molar-refractivity contribution in [3.8, 4) is 0 Å². The summed E-state index contributed by atoms with van der Waals surface area (Å²) in [6, 6.07) is 8.24. The van der Waals surface area contributed by atoms with Gasteiger partial charge in [-0.15, -0.1) is 11.8 Å². The van der Waals surface area contributed by atoms with Crippen LogP contribution in [0.3, 0.4) is 0 Å². The van der Waals surface area contributed by atoms with Crippen LogP contribution >= 0.6 is 11.8 Å². The second-order valence-electron chi connectivity index (χ2n) is 7.21. The van der Waals surface area contributed by atoms with Gasteiger partial charge in [-0.3, -0.25) is 18.7 Å². The second-order valence-corrected chi connectivity index (χ2v) is 8.35. The molecular formula is C20H23N5O3S. The molecule has 1 aromatic carbocycles. The fraction of sp³-hybridized carbons (Fsp3) is 0.400. The van der Waals surface area contributed by atoms with Gasteiger partial charge in [0.05, 0.1) is 12.4 Å². The Balaban J connectivity index is 1.42. The zero-order valence-electron chi connectivity index (χ0n) is 16.4. The lowest BCUT2D eigenvalue weighted by molar-refractivity contribution is -0.122. The van der Waals surface area contributed by atoms with Gasteiger partial charge >= 0.3 is 5.69 Å². The molecule has 0 radical (unpaired) electrons. The molecule has 0 fully saturated rings. The van der Waals surface area contributed by atoms with E-state index in [1.807, 2.05) is 23.9 Å².